The zero-order valence-corrected chi connectivity index (χ0v) is 34.9. The summed E-state index contributed by atoms with van der Waals surface area (Å²) in [5.74, 6) is 0. The number of hydrogen-bond acceptors (Lipinski definition) is 1. The van der Waals surface area contributed by atoms with Gasteiger partial charge >= 0.3 is 0 Å². The van der Waals surface area contributed by atoms with Crippen molar-refractivity contribution in [3.8, 4) is 55.9 Å². The summed E-state index contributed by atoms with van der Waals surface area (Å²) in [5, 5.41) is 8.30. The molecule has 10 aromatic carbocycles. The highest BCUT2D eigenvalue weighted by Gasteiger charge is 2.22. The number of rotatable bonds is 6. The van der Waals surface area contributed by atoms with Crippen LogP contribution in [-0.2, 0) is 0 Å². The number of nitrogens with zero attached hydrogens (tertiary/aromatic N) is 3. The highest BCUT2D eigenvalue weighted by molar-refractivity contribution is 6.21. The van der Waals surface area contributed by atoms with Gasteiger partial charge in [-0.2, -0.15) is 0 Å². The highest BCUT2D eigenvalue weighted by Crippen LogP contribution is 2.47. The molecule has 64 heavy (non-hydrogen) atoms. The molecule has 0 N–H and O–H groups in total. The smallest absolute Gasteiger partial charge is 0.0788 e. The average molecular weight is 814 g/mol. The van der Waals surface area contributed by atoms with Gasteiger partial charge in [-0.25, -0.2) is 0 Å². The Labute approximate surface area is 370 Å². The second kappa shape index (κ2) is 14.5. The summed E-state index contributed by atoms with van der Waals surface area (Å²) in [6, 6.07) is 83.8. The molecular weight excluding hydrogens is 775 g/mol. The quantitative estimate of drug-likeness (QED) is 0.153. The van der Waals surface area contributed by atoms with Gasteiger partial charge in [-0.3, -0.25) is 4.98 Å². The van der Waals surface area contributed by atoms with Crippen molar-refractivity contribution < 1.29 is 0 Å². The van der Waals surface area contributed by atoms with Crippen molar-refractivity contribution in [2.45, 2.75) is 0 Å². The maximum atomic E-state index is 5.48. The Morgan fingerprint density at radius 3 is 1.08 bits per heavy atom. The Bertz CT molecular complexity index is 3550. The fraction of sp³-hybridized carbons (Fsp3) is 0. The third-order valence-electron chi connectivity index (χ3n) is 13.2. The summed E-state index contributed by atoms with van der Waals surface area (Å²) in [5.41, 5.74) is 17.2. The minimum atomic E-state index is 0.972. The van der Waals surface area contributed by atoms with E-state index in [-0.39, 0.29) is 0 Å². The number of benzene rings is 10. The molecule has 0 radical (unpaired) electrons. The zero-order chi connectivity index (χ0) is 42.1. The minimum Gasteiger partial charge on any atom is -0.309 e. The Hall–Kier alpha value is -8.53. The lowest BCUT2D eigenvalue weighted by molar-refractivity contribution is 1.16. The van der Waals surface area contributed by atoms with E-state index in [0.717, 1.165) is 60.8 Å². The van der Waals surface area contributed by atoms with Gasteiger partial charge in [0.2, 0.25) is 0 Å². The molecule has 298 valence electrons. The maximum Gasteiger partial charge on any atom is 0.0788 e. The first-order chi connectivity index (χ1) is 31.8. The Balaban J connectivity index is 1.15. The molecular formula is C61H39N3. The predicted octanol–water partition coefficient (Wildman–Crippen LogP) is 16.3. The average Bonchev–Trinajstić information content (AvgIpc) is 3.89. The molecule has 0 bridgehead atoms. The van der Waals surface area contributed by atoms with E-state index in [1.807, 2.05) is 0 Å². The molecule has 0 atom stereocenters. The first-order valence-electron chi connectivity index (χ1n) is 22.0. The molecule has 0 saturated carbocycles. The molecule has 0 amide bonds. The lowest BCUT2D eigenvalue weighted by Gasteiger charge is -2.21. The van der Waals surface area contributed by atoms with Crippen LogP contribution in [0, 0.1) is 0 Å². The molecule has 3 heteroatoms. The van der Waals surface area contributed by atoms with Crippen molar-refractivity contribution in [3.63, 3.8) is 0 Å². The molecule has 3 nitrogen and oxygen atoms in total. The van der Waals surface area contributed by atoms with Crippen LogP contribution in [-0.4, -0.2) is 14.1 Å². The molecule has 0 unspecified atom stereocenters. The molecule has 0 aliphatic carbocycles. The van der Waals surface area contributed by atoms with E-state index in [1.165, 1.54) is 60.4 Å². The van der Waals surface area contributed by atoms with Crippen LogP contribution in [0.15, 0.2) is 237 Å². The van der Waals surface area contributed by atoms with Crippen molar-refractivity contribution >= 4 is 65.3 Å². The van der Waals surface area contributed by atoms with Crippen LogP contribution in [0.5, 0.6) is 0 Å². The number of fused-ring (bicyclic) bond motifs is 9. The van der Waals surface area contributed by atoms with Crippen molar-refractivity contribution in [2.75, 3.05) is 0 Å². The number of hydrogen-bond donors (Lipinski definition) is 0. The normalized spacial score (nSPS) is 11.8. The number of pyridine rings is 1. The fourth-order valence-corrected chi connectivity index (χ4v) is 10.3. The molecule has 0 spiro atoms. The summed E-state index contributed by atoms with van der Waals surface area (Å²) < 4.78 is 4.80. The fourth-order valence-electron chi connectivity index (χ4n) is 10.3. The standard InChI is InChI=1S/C61H39N3/c1-3-15-40(16-4-1)42-27-31-44(32-28-42)59-53-37-46(63-55-23-11-7-19-48(55)49-20-8-12-24-56(49)63)35-36-52(53)61-54(60(59)45-33-29-43(30-34-45)41-17-5-2-6-18-41)38-47(39-62-61)64-57-25-13-9-21-50(57)51-22-10-14-26-58(51)64/h1-39H. The molecule has 3 aromatic heterocycles. The summed E-state index contributed by atoms with van der Waals surface area (Å²) in [6.07, 6.45) is 2.07. The van der Waals surface area contributed by atoms with Crippen molar-refractivity contribution in [2.24, 2.45) is 0 Å². The van der Waals surface area contributed by atoms with Crippen LogP contribution >= 0.6 is 0 Å². The van der Waals surface area contributed by atoms with Gasteiger partial charge in [0.15, 0.2) is 0 Å². The van der Waals surface area contributed by atoms with E-state index in [0.29, 0.717) is 0 Å². The second-order valence-electron chi connectivity index (χ2n) is 16.7. The van der Waals surface area contributed by atoms with Gasteiger partial charge in [-0.1, -0.05) is 188 Å². The molecule has 0 fully saturated rings. The van der Waals surface area contributed by atoms with Crippen LogP contribution in [0.1, 0.15) is 0 Å². The van der Waals surface area contributed by atoms with Crippen LogP contribution in [0.3, 0.4) is 0 Å². The van der Waals surface area contributed by atoms with Crippen LogP contribution in [0.4, 0.5) is 0 Å². The number of para-hydroxylation sites is 4. The van der Waals surface area contributed by atoms with Gasteiger partial charge in [0.25, 0.3) is 0 Å². The SMILES string of the molecule is c1ccc(-c2ccc(-c3c(-c4ccc(-c5ccccc5)cc4)c4cc(-n5c6ccccc6c6ccccc65)cnc4c4ccc(-n5c6ccccc6c6ccccc65)cc34)cc2)cc1. The lowest BCUT2D eigenvalue weighted by atomic mass is 9.85. The Morgan fingerprint density at radius 1 is 0.250 bits per heavy atom. The molecule has 0 aliphatic heterocycles. The number of aromatic nitrogens is 3. The highest BCUT2D eigenvalue weighted by atomic mass is 15.0. The summed E-state index contributed by atoms with van der Waals surface area (Å²) in [4.78, 5) is 5.48. The van der Waals surface area contributed by atoms with Gasteiger partial charge in [-0.15, -0.1) is 0 Å². The van der Waals surface area contributed by atoms with Crippen LogP contribution in [0.25, 0.3) is 121 Å². The summed E-state index contributed by atoms with van der Waals surface area (Å²) >= 11 is 0. The third-order valence-corrected chi connectivity index (χ3v) is 13.2. The predicted molar refractivity (Wildman–Crippen MR) is 270 cm³/mol. The summed E-state index contributed by atoms with van der Waals surface area (Å²) in [6.45, 7) is 0. The van der Waals surface area contributed by atoms with Gasteiger partial charge in [-0.05, 0) is 92.4 Å². The van der Waals surface area contributed by atoms with E-state index >= 15 is 0 Å². The van der Waals surface area contributed by atoms with E-state index in [1.54, 1.807) is 0 Å². The molecule has 3 heterocycles. The maximum absolute atomic E-state index is 5.48. The molecule has 13 rings (SSSR count). The van der Waals surface area contributed by atoms with E-state index in [9.17, 15) is 0 Å². The van der Waals surface area contributed by atoms with Crippen LogP contribution in [0.2, 0.25) is 0 Å². The Morgan fingerprint density at radius 2 is 0.609 bits per heavy atom. The first-order valence-corrected chi connectivity index (χ1v) is 22.0. The largest absolute Gasteiger partial charge is 0.309 e. The minimum absolute atomic E-state index is 0.972. The first kappa shape index (κ1) is 36.2. The second-order valence-corrected chi connectivity index (χ2v) is 16.7. The van der Waals surface area contributed by atoms with E-state index < -0.39 is 0 Å². The van der Waals surface area contributed by atoms with Gasteiger partial charge < -0.3 is 9.13 Å². The topological polar surface area (TPSA) is 22.8 Å². The molecule has 0 aliphatic rings. The molecule has 13 aromatic rings. The van der Waals surface area contributed by atoms with Crippen molar-refractivity contribution in [3.05, 3.63) is 237 Å². The van der Waals surface area contributed by atoms with E-state index in [4.69, 9.17) is 4.98 Å². The molecule has 0 saturated heterocycles. The lowest BCUT2D eigenvalue weighted by Crippen LogP contribution is -1.99. The van der Waals surface area contributed by atoms with Crippen LogP contribution < -0.4 is 0 Å². The van der Waals surface area contributed by atoms with E-state index in [2.05, 4.69) is 246 Å². The van der Waals surface area contributed by atoms with Gasteiger partial charge in [0.05, 0.1) is 39.5 Å². The third kappa shape index (κ3) is 5.65. The summed E-state index contributed by atoms with van der Waals surface area (Å²) in [7, 11) is 0. The van der Waals surface area contributed by atoms with Gasteiger partial charge in [0.1, 0.15) is 0 Å². The Kier molecular flexibility index (Phi) is 8.22. The zero-order valence-electron chi connectivity index (χ0n) is 34.9. The van der Waals surface area contributed by atoms with Crippen molar-refractivity contribution in [1.82, 2.24) is 14.1 Å². The van der Waals surface area contributed by atoms with Gasteiger partial charge in [0, 0.05) is 38.0 Å². The van der Waals surface area contributed by atoms with Crippen molar-refractivity contribution in [1.29, 1.82) is 0 Å². The monoisotopic (exact) mass is 813 g/mol.